The minimum atomic E-state index is -0.944. The monoisotopic (exact) mass is 300 g/mol. The number of halogens is 1. The third kappa shape index (κ3) is 4.44. The maximum Gasteiger partial charge on any atom is 0.410 e. The van der Waals surface area contributed by atoms with Gasteiger partial charge in [0, 0.05) is 32.1 Å². The summed E-state index contributed by atoms with van der Waals surface area (Å²) in [6.45, 7) is 11.8. The lowest BCUT2D eigenvalue weighted by Gasteiger charge is -2.51. The lowest BCUT2D eigenvalue weighted by atomic mass is 9.77. The fourth-order valence-corrected chi connectivity index (χ4v) is 2.42. The van der Waals surface area contributed by atoms with Gasteiger partial charge in [-0.1, -0.05) is 13.5 Å². The topological polar surface area (TPSA) is 49.9 Å². The van der Waals surface area contributed by atoms with Gasteiger partial charge in [0.15, 0.2) is 5.83 Å². The van der Waals surface area contributed by atoms with Crippen molar-refractivity contribution in [3.05, 3.63) is 12.4 Å². The second-order valence-electron chi connectivity index (χ2n) is 6.76. The summed E-state index contributed by atoms with van der Waals surface area (Å²) < 4.78 is 18.1. The zero-order chi connectivity index (χ0) is 16.4. The molecule has 0 aromatic rings. The van der Waals surface area contributed by atoms with Crippen LogP contribution in [0.1, 0.15) is 34.1 Å². The first-order valence-electron chi connectivity index (χ1n) is 7.07. The lowest BCUT2D eigenvalue weighted by molar-refractivity contribution is -0.141. The van der Waals surface area contributed by atoms with Gasteiger partial charge < -0.3 is 14.5 Å². The molecular formula is C15H25FN2O3. The van der Waals surface area contributed by atoms with Crippen molar-refractivity contribution in [2.75, 3.05) is 26.7 Å². The molecule has 2 amide bonds. The van der Waals surface area contributed by atoms with Crippen molar-refractivity contribution in [1.82, 2.24) is 9.80 Å². The highest BCUT2D eigenvalue weighted by atomic mass is 19.1. The summed E-state index contributed by atoms with van der Waals surface area (Å²) in [5, 5.41) is 0. The highest BCUT2D eigenvalue weighted by Gasteiger charge is 2.45. The van der Waals surface area contributed by atoms with Crippen molar-refractivity contribution >= 4 is 12.0 Å². The van der Waals surface area contributed by atoms with Crippen LogP contribution in [0.2, 0.25) is 0 Å². The Kier molecular flexibility index (Phi) is 5.02. The summed E-state index contributed by atoms with van der Waals surface area (Å²) in [5.74, 6) is -1.61. The van der Waals surface area contributed by atoms with Gasteiger partial charge in [0.2, 0.25) is 0 Å². The first-order chi connectivity index (χ1) is 9.49. The molecule has 0 bridgehead atoms. The highest BCUT2D eigenvalue weighted by Crippen LogP contribution is 2.35. The average molecular weight is 300 g/mol. The predicted octanol–water partition coefficient (Wildman–Crippen LogP) is 2.58. The van der Waals surface area contributed by atoms with Crippen molar-refractivity contribution in [2.24, 2.45) is 5.41 Å². The fourth-order valence-electron chi connectivity index (χ4n) is 2.42. The van der Waals surface area contributed by atoms with E-state index in [1.165, 1.54) is 9.80 Å². The van der Waals surface area contributed by atoms with E-state index in [4.69, 9.17) is 4.74 Å². The van der Waals surface area contributed by atoms with E-state index in [0.29, 0.717) is 19.6 Å². The Morgan fingerprint density at radius 3 is 2.29 bits per heavy atom. The SMILES string of the molecule is C=C(F)C(=O)N1CC(CC)(CN(C)C(=O)OC(C)(C)C)C1. The van der Waals surface area contributed by atoms with E-state index in [-0.39, 0.29) is 5.41 Å². The molecule has 1 aliphatic heterocycles. The minimum absolute atomic E-state index is 0.198. The molecule has 6 heteroatoms. The highest BCUT2D eigenvalue weighted by molar-refractivity contribution is 5.91. The first kappa shape index (κ1) is 17.5. The smallest absolute Gasteiger partial charge is 0.410 e. The number of carbonyl (C=O) groups is 2. The van der Waals surface area contributed by atoms with E-state index in [9.17, 15) is 14.0 Å². The molecule has 1 saturated heterocycles. The average Bonchev–Trinajstić information content (AvgIpc) is 2.29. The van der Waals surface area contributed by atoms with Crippen molar-refractivity contribution in [3.63, 3.8) is 0 Å². The number of ether oxygens (including phenoxy) is 1. The molecule has 120 valence electrons. The molecule has 1 rings (SSSR count). The predicted molar refractivity (Wildman–Crippen MR) is 78.4 cm³/mol. The van der Waals surface area contributed by atoms with E-state index in [2.05, 4.69) is 6.58 Å². The van der Waals surface area contributed by atoms with Crippen LogP contribution in [0.15, 0.2) is 12.4 Å². The molecule has 0 aliphatic carbocycles. The fraction of sp³-hybridized carbons (Fsp3) is 0.733. The Labute approximate surface area is 125 Å². The lowest BCUT2D eigenvalue weighted by Crippen LogP contribution is -2.62. The number of carbonyl (C=O) groups excluding carboxylic acids is 2. The number of rotatable bonds is 4. The van der Waals surface area contributed by atoms with Crippen LogP contribution in [0.4, 0.5) is 9.18 Å². The van der Waals surface area contributed by atoms with E-state index in [0.717, 1.165) is 6.42 Å². The van der Waals surface area contributed by atoms with Crippen LogP contribution in [0.3, 0.4) is 0 Å². The summed E-state index contributed by atoms with van der Waals surface area (Å²) in [7, 11) is 1.67. The van der Waals surface area contributed by atoms with Crippen molar-refractivity contribution in [3.8, 4) is 0 Å². The number of hydrogen-bond acceptors (Lipinski definition) is 3. The molecule has 0 radical (unpaired) electrons. The van der Waals surface area contributed by atoms with Crippen molar-refractivity contribution in [1.29, 1.82) is 0 Å². The zero-order valence-electron chi connectivity index (χ0n) is 13.5. The second-order valence-corrected chi connectivity index (χ2v) is 6.76. The summed E-state index contributed by atoms with van der Waals surface area (Å²) >= 11 is 0. The molecule has 0 aromatic heterocycles. The molecule has 0 saturated carbocycles. The second kappa shape index (κ2) is 6.03. The number of amides is 2. The van der Waals surface area contributed by atoms with Gasteiger partial charge in [-0.05, 0) is 27.2 Å². The summed E-state index contributed by atoms with van der Waals surface area (Å²) in [4.78, 5) is 26.4. The molecule has 1 heterocycles. The molecular weight excluding hydrogens is 275 g/mol. The number of hydrogen-bond donors (Lipinski definition) is 0. The standard InChI is InChI=1S/C15H25FN2O3/c1-7-15(9-18(10-15)12(19)11(2)16)8-17(6)13(20)21-14(3,4)5/h2,7-10H2,1,3-6H3. The Balaban J connectivity index is 2.58. The normalized spacial score (nSPS) is 17.0. The van der Waals surface area contributed by atoms with E-state index < -0.39 is 23.4 Å². The van der Waals surface area contributed by atoms with Gasteiger partial charge in [-0.25, -0.2) is 9.18 Å². The minimum Gasteiger partial charge on any atom is -0.444 e. The van der Waals surface area contributed by atoms with Crippen LogP contribution in [-0.2, 0) is 9.53 Å². The van der Waals surface area contributed by atoms with Crippen molar-refractivity contribution < 1.29 is 18.7 Å². The quantitative estimate of drug-likeness (QED) is 0.750. The molecule has 0 N–H and O–H groups in total. The van der Waals surface area contributed by atoms with Gasteiger partial charge in [0.1, 0.15) is 5.60 Å². The van der Waals surface area contributed by atoms with Crippen molar-refractivity contribution in [2.45, 2.75) is 39.7 Å². The molecule has 0 spiro atoms. The van der Waals surface area contributed by atoms with Gasteiger partial charge in [0.25, 0.3) is 5.91 Å². The summed E-state index contributed by atoms with van der Waals surface area (Å²) in [6.07, 6.45) is 0.401. The van der Waals surface area contributed by atoms with Crippen LogP contribution in [0.25, 0.3) is 0 Å². The Morgan fingerprint density at radius 1 is 1.38 bits per heavy atom. The maximum atomic E-state index is 12.8. The molecule has 0 atom stereocenters. The molecule has 1 aliphatic rings. The van der Waals surface area contributed by atoms with Crippen LogP contribution < -0.4 is 0 Å². The molecule has 5 nitrogen and oxygen atoms in total. The van der Waals surface area contributed by atoms with E-state index in [1.54, 1.807) is 7.05 Å². The summed E-state index contributed by atoms with van der Waals surface area (Å²) in [5.41, 5.74) is -0.741. The van der Waals surface area contributed by atoms with Crippen LogP contribution >= 0.6 is 0 Å². The molecule has 0 unspecified atom stereocenters. The third-order valence-electron chi connectivity index (χ3n) is 3.60. The Hall–Kier alpha value is -1.59. The van der Waals surface area contributed by atoms with E-state index in [1.807, 2.05) is 27.7 Å². The first-order valence-corrected chi connectivity index (χ1v) is 7.07. The number of likely N-dealkylation sites (tertiary alicyclic amines) is 1. The molecule has 0 aromatic carbocycles. The van der Waals surface area contributed by atoms with E-state index >= 15 is 0 Å². The van der Waals surface area contributed by atoms with Gasteiger partial charge in [0.05, 0.1) is 0 Å². The Bertz CT molecular complexity index is 437. The maximum absolute atomic E-state index is 12.8. The van der Waals surface area contributed by atoms with Crippen LogP contribution in [0, 0.1) is 5.41 Å². The van der Waals surface area contributed by atoms with Crippen LogP contribution in [0.5, 0.6) is 0 Å². The van der Waals surface area contributed by atoms with Gasteiger partial charge in [-0.3, -0.25) is 4.79 Å². The molecule has 21 heavy (non-hydrogen) atoms. The Morgan fingerprint density at radius 2 is 1.90 bits per heavy atom. The van der Waals surface area contributed by atoms with Gasteiger partial charge >= 0.3 is 6.09 Å². The third-order valence-corrected chi connectivity index (χ3v) is 3.60. The zero-order valence-corrected chi connectivity index (χ0v) is 13.5. The van der Waals surface area contributed by atoms with Gasteiger partial charge in [-0.15, -0.1) is 0 Å². The summed E-state index contributed by atoms with van der Waals surface area (Å²) in [6, 6.07) is 0. The van der Waals surface area contributed by atoms with Gasteiger partial charge in [-0.2, -0.15) is 0 Å². The molecule has 1 fully saturated rings. The largest absolute Gasteiger partial charge is 0.444 e. The van der Waals surface area contributed by atoms with Crippen LogP contribution in [-0.4, -0.2) is 54.1 Å². The number of nitrogens with zero attached hydrogens (tertiary/aromatic N) is 2.